The zero-order valence-electron chi connectivity index (χ0n) is 4.04. The fourth-order valence-corrected chi connectivity index (χ4v) is 0.792. The standard InChI is InChI=1S/C5H5.Bi.Mg/c1-2-4-5-3-1;;/h1-5H;;. The first kappa shape index (κ1) is 8.13. The predicted octanol–water partition coefficient (Wildman–Crippen LogP) is 0.689. The van der Waals surface area contributed by atoms with E-state index in [2.05, 4.69) is 24.3 Å². The largest absolute Gasteiger partial charge is 0.241 e. The van der Waals surface area contributed by atoms with Crippen molar-refractivity contribution in [2.75, 3.05) is 0 Å². The van der Waals surface area contributed by atoms with Gasteiger partial charge in [-0.15, -0.1) is 16.2 Å². The van der Waals surface area contributed by atoms with E-state index in [1.165, 1.54) is 0 Å². The van der Waals surface area contributed by atoms with Crippen LogP contribution in [0.15, 0.2) is 24.3 Å². The van der Waals surface area contributed by atoms with Gasteiger partial charge in [-0.2, -0.15) is 0 Å². The molecule has 1 aliphatic rings. The van der Waals surface area contributed by atoms with Crippen LogP contribution in [0.2, 0.25) is 4.05 Å². The van der Waals surface area contributed by atoms with E-state index in [9.17, 15) is 0 Å². The second-order valence-corrected chi connectivity index (χ2v) is 2.38. The summed E-state index contributed by atoms with van der Waals surface area (Å²) < 4.78 is 0.713. The molecule has 1 aliphatic carbocycles. The Morgan fingerprint density at radius 1 is 1.14 bits per heavy atom. The minimum absolute atomic E-state index is 0. The normalized spacial score (nSPS) is 17.0. The second-order valence-electron chi connectivity index (χ2n) is 1.43. The van der Waals surface area contributed by atoms with Crippen molar-refractivity contribution in [3.63, 3.8) is 0 Å². The Morgan fingerprint density at radius 2 is 1.57 bits per heavy atom. The molecule has 4 radical (unpaired) electrons. The van der Waals surface area contributed by atoms with Crippen molar-refractivity contribution in [2.45, 2.75) is 4.05 Å². The van der Waals surface area contributed by atoms with Gasteiger partial charge < -0.3 is 0 Å². The van der Waals surface area contributed by atoms with Crippen LogP contribution in [0.1, 0.15) is 0 Å². The molecule has 0 aromatic rings. The molecule has 1 rings (SSSR count). The summed E-state index contributed by atoms with van der Waals surface area (Å²) in [5.41, 5.74) is 0. The Balaban J connectivity index is 0.000000360. The molecule has 0 unspecified atom stereocenters. The first-order chi connectivity index (χ1) is 2.89. The van der Waals surface area contributed by atoms with Crippen molar-refractivity contribution in [3.05, 3.63) is 24.3 Å². The van der Waals surface area contributed by atoms with E-state index in [1.807, 2.05) is 21.7 Å². The number of allylic oxidation sites excluding steroid dienone is 4. The van der Waals surface area contributed by atoms with Gasteiger partial charge in [-0.1, -0.05) is 12.2 Å². The fraction of sp³-hybridized carbons (Fsp3) is 0.200. The van der Waals surface area contributed by atoms with E-state index in [-0.39, 0.29) is 26.2 Å². The van der Waals surface area contributed by atoms with Crippen molar-refractivity contribution < 1.29 is 0 Å². The van der Waals surface area contributed by atoms with Crippen LogP contribution in [0.5, 0.6) is 0 Å². The summed E-state index contributed by atoms with van der Waals surface area (Å²) in [6.45, 7) is 0. The molecule has 0 aliphatic heterocycles. The fourth-order valence-electron chi connectivity index (χ4n) is 0.478. The first-order valence-corrected chi connectivity index (χ1v) is 2.89. The number of hydrogen-bond acceptors (Lipinski definition) is 0. The maximum Gasteiger partial charge on any atom is 0.241 e. The van der Waals surface area contributed by atoms with E-state index >= 15 is 0 Å². The second kappa shape index (κ2) is 4.05. The van der Waals surface area contributed by atoms with Gasteiger partial charge in [0.25, 0.3) is 0 Å². The van der Waals surface area contributed by atoms with Crippen LogP contribution < -0.4 is 0 Å². The van der Waals surface area contributed by atoms with Gasteiger partial charge in [0.1, 0.15) is 0 Å². The quantitative estimate of drug-likeness (QED) is 0.577. The summed E-state index contributed by atoms with van der Waals surface area (Å²) in [5.74, 6) is 0. The van der Waals surface area contributed by atoms with Crippen molar-refractivity contribution >= 4 is 47.9 Å². The van der Waals surface area contributed by atoms with Crippen molar-refractivity contribution in [2.24, 2.45) is 0 Å². The summed E-state index contributed by atoms with van der Waals surface area (Å²) in [6, 6.07) is 0. The molecule has 0 amide bonds. The van der Waals surface area contributed by atoms with Crippen LogP contribution in [0.4, 0.5) is 0 Å². The van der Waals surface area contributed by atoms with E-state index < -0.39 is 0 Å². The molecule has 0 saturated carbocycles. The molecular weight excluding hydrogens is 293 g/mol. The summed E-state index contributed by atoms with van der Waals surface area (Å²) in [6.07, 6.45) is 8.52. The van der Waals surface area contributed by atoms with Crippen molar-refractivity contribution in [3.8, 4) is 0 Å². The van der Waals surface area contributed by atoms with E-state index in [0.29, 0.717) is 4.05 Å². The Morgan fingerprint density at radius 3 is 1.71 bits per heavy atom. The molecule has 32 valence electrons. The molecule has 0 nitrogen and oxygen atoms in total. The zero-order valence-corrected chi connectivity index (χ0v) is 8.93. The smallest absolute Gasteiger partial charge is 0.132 e. The Hall–Kier alpha value is 1.13. The average Bonchev–Trinajstić information content (AvgIpc) is 1.86. The number of hydrogen-bond donors (Lipinski definition) is 0. The minimum Gasteiger partial charge on any atom is -0.132 e. The van der Waals surface area contributed by atoms with Gasteiger partial charge in [0, 0.05) is 26.2 Å². The van der Waals surface area contributed by atoms with Gasteiger partial charge in [0.2, 0.25) is 21.7 Å². The molecule has 0 saturated heterocycles. The van der Waals surface area contributed by atoms with Crippen molar-refractivity contribution in [1.82, 2.24) is 0 Å². The van der Waals surface area contributed by atoms with E-state index in [0.717, 1.165) is 0 Å². The number of rotatable bonds is 0. The average molecular weight is 298 g/mol. The van der Waals surface area contributed by atoms with Crippen LogP contribution in [0.3, 0.4) is 0 Å². The minimum atomic E-state index is 0. The van der Waals surface area contributed by atoms with Gasteiger partial charge in [0.05, 0.1) is 0 Å². The van der Waals surface area contributed by atoms with E-state index in [4.69, 9.17) is 0 Å². The summed E-state index contributed by atoms with van der Waals surface area (Å²) in [7, 11) is 0. The zero-order chi connectivity index (χ0) is 4.41. The van der Waals surface area contributed by atoms with E-state index in [1.54, 1.807) is 0 Å². The topological polar surface area (TPSA) is 0 Å². The van der Waals surface area contributed by atoms with Gasteiger partial charge >= 0.3 is 0 Å². The molecule has 2 heteroatoms. The van der Waals surface area contributed by atoms with Crippen LogP contribution in [-0.2, 0) is 0 Å². The molecule has 0 bridgehead atoms. The SMILES string of the molecule is [Bi].[Mg][CH]1C=CC=C1. The third kappa shape index (κ3) is 2.84. The third-order valence-corrected chi connectivity index (χ3v) is 1.37. The van der Waals surface area contributed by atoms with Crippen LogP contribution >= 0.6 is 0 Å². The molecule has 0 fully saturated rings. The summed E-state index contributed by atoms with van der Waals surface area (Å²) in [5, 5.41) is 0. The van der Waals surface area contributed by atoms with Gasteiger partial charge in [0.15, 0.2) is 0 Å². The Bertz CT molecular complexity index is 84.3. The summed E-state index contributed by atoms with van der Waals surface area (Å²) in [4.78, 5) is 0. The van der Waals surface area contributed by atoms with Gasteiger partial charge in [-0.05, 0) is 0 Å². The third-order valence-electron chi connectivity index (χ3n) is 0.828. The van der Waals surface area contributed by atoms with Crippen LogP contribution in [0.25, 0.3) is 0 Å². The Kier molecular flexibility index (Phi) is 4.71. The first-order valence-electron chi connectivity index (χ1n) is 2.07. The Labute approximate surface area is 75.6 Å². The molecule has 0 heterocycles. The molecule has 0 aromatic carbocycles. The van der Waals surface area contributed by atoms with Gasteiger partial charge in [-0.25, -0.2) is 0 Å². The van der Waals surface area contributed by atoms with Crippen LogP contribution in [-0.4, -0.2) is 47.9 Å². The molecule has 7 heavy (non-hydrogen) atoms. The van der Waals surface area contributed by atoms with Crippen LogP contribution in [0, 0.1) is 0 Å². The maximum absolute atomic E-state index is 2.18. The molecule has 0 N–H and O–H groups in total. The summed E-state index contributed by atoms with van der Waals surface area (Å²) >= 11 is 1.99. The molecular formula is C5H5BiMg. The molecule has 0 spiro atoms. The molecule has 0 atom stereocenters. The monoisotopic (exact) mass is 298 g/mol. The van der Waals surface area contributed by atoms with Gasteiger partial charge in [-0.3, -0.25) is 0 Å². The predicted molar refractivity (Wildman–Crippen MR) is 33.5 cm³/mol. The molecule has 0 aromatic heterocycles. The van der Waals surface area contributed by atoms with Crippen molar-refractivity contribution in [1.29, 1.82) is 0 Å². The maximum atomic E-state index is 2.18.